The van der Waals surface area contributed by atoms with Crippen molar-refractivity contribution >= 4 is 5.78 Å². The highest BCUT2D eigenvalue weighted by Gasteiger charge is 2.30. The van der Waals surface area contributed by atoms with Crippen molar-refractivity contribution in [3.63, 3.8) is 0 Å². The number of carbonyl (C=O) groups excluding carboxylic acids is 1. The summed E-state index contributed by atoms with van der Waals surface area (Å²) >= 11 is 0. The molecule has 0 aromatic carbocycles. The molecule has 1 aliphatic carbocycles. The molecule has 0 spiro atoms. The Bertz CT molecular complexity index is 150. The molecule has 1 fully saturated rings. The van der Waals surface area contributed by atoms with Crippen molar-refractivity contribution in [2.45, 2.75) is 39.2 Å². The van der Waals surface area contributed by atoms with Gasteiger partial charge in [0.2, 0.25) is 0 Å². The third-order valence-corrected chi connectivity index (χ3v) is 2.55. The van der Waals surface area contributed by atoms with Crippen LogP contribution in [0.2, 0.25) is 0 Å². The summed E-state index contributed by atoms with van der Waals surface area (Å²) in [6.45, 7) is 4.00. The van der Waals surface area contributed by atoms with Crippen LogP contribution in [0.1, 0.15) is 33.1 Å². The van der Waals surface area contributed by atoms with Crippen molar-refractivity contribution in [3.8, 4) is 0 Å². The Morgan fingerprint density at radius 2 is 2.00 bits per heavy atom. The Balaban J connectivity index is 2.39. The summed E-state index contributed by atoms with van der Waals surface area (Å²) in [5.74, 6) is 0.877. The molecule has 11 heavy (non-hydrogen) atoms. The van der Waals surface area contributed by atoms with Crippen LogP contribution in [0.3, 0.4) is 0 Å². The normalized spacial score (nSPS) is 21.5. The fourth-order valence-corrected chi connectivity index (χ4v) is 1.29. The Labute approximate surface area is 68.2 Å². The summed E-state index contributed by atoms with van der Waals surface area (Å²) < 4.78 is 0. The number of hydrogen-bond donors (Lipinski definition) is 1. The molecular formula is C9H17NO. The highest BCUT2D eigenvalue weighted by atomic mass is 16.1. The third kappa shape index (κ3) is 1.80. The molecule has 2 heteroatoms. The van der Waals surface area contributed by atoms with Crippen molar-refractivity contribution in [2.75, 3.05) is 0 Å². The van der Waals surface area contributed by atoms with Gasteiger partial charge in [-0.2, -0.15) is 0 Å². The zero-order chi connectivity index (χ0) is 8.43. The van der Waals surface area contributed by atoms with E-state index in [1.807, 2.05) is 13.8 Å². The second-order valence-corrected chi connectivity index (χ2v) is 3.80. The fourth-order valence-electron chi connectivity index (χ4n) is 1.29. The van der Waals surface area contributed by atoms with E-state index in [1.54, 1.807) is 0 Å². The summed E-state index contributed by atoms with van der Waals surface area (Å²) in [6, 6.07) is -0.222. The van der Waals surface area contributed by atoms with Crippen molar-refractivity contribution in [1.29, 1.82) is 0 Å². The monoisotopic (exact) mass is 155 g/mol. The molecule has 1 saturated carbocycles. The summed E-state index contributed by atoms with van der Waals surface area (Å²) in [5, 5.41) is 0. The Morgan fingerprint density at radius 1 is 1.45 bits per heavy atom. The lowest BCUT2D eigenvalue weighted by Crippen LogP contribution is -2.41. The Hall–Kier alpha value is -0.370. The van der Waals surface area contributed by atoms with E-state index >= 15 is 0 Å². The van der Waals surface area contributed by atoms with Crippen molar-refractivity contribution in [2.24, 2.45) is 17.6 Å². The first kappa shape index (κ1) is 8.72. The van der Waals surface area contributed by atoms with Crippen LogP contribution < -0.4 is 5.73 Å². The molecular weight excluding hydrogens is 138 g/mol. The van der Waals surface area contributed by atoms with Crippen LogP contribution in [0.15, 0.2) is 0 Å². The molecule has 0 aromatic rings. The van der Waals surface area contributed by atoms with E-state index in [0.717, 1.165) is 12.8 Å². The van der Waals surface area contributed by atoms with Gasteiger partial charge in [-0.15, -0.1) is 0 Å². The number of Topliss-reactive ketones (excluding diaryl/α,β-unsaturated/α-hetero) is 1. The fraction of sp³-hybridized carbons (Fsp3) is 0.889. The van der Waals surface area contributed by atoms with Gasteiger partial charge in [0.1, 0.15) is 0 Å². The minimum Gasteiger partial charge on any atom is -0.321 e. The zero-order valence-electron chi connectivity index (χ0n) is 7.34. The van der Waals surface area contributed by atoms with Crippen molar-refractivity contribution in [3.05, 3.63) is 0 Å². The largest absolute Gasteiger partial charge is 0.321 e. The topological polar surface area (TPSA) is 43.1 Å². The zero-order valence-corrected chi connectivity index (χ0v) is 7.34. The molecule has 0 bridgehead atoms. The van der Waals surface area contributed by atoms with Crippen LogP contribution in [-0.2, 0) is 4.79 Å². The molecule has 0 heterocycles. The maximum Gasteiger partial charge on any atom is 0.152 e. The lowest BCUT2D eigenvalue weighted by molar-refractivity contribution is -0.127. The average Bonchev–Trinajstić information content (AvgIpc) is 1.82. The maximum absolute atomic E-state index is 11.4. The van der Waals surface area contributed by atoms with Gasteiger partial charge in [-0.3, -0.25) is 4.79 Å². The minimum absolute atomic E-state index is 0.222. The van der Waals surface area contributed by atoms with Gasteiger partial charge in [0, 0.05) is 5.92 Å². The number of hydrogen-bond acceptors (Lipinski definition) is 2. The maximum atomic E-state index is 11.4. The van der Waals surface area contributed by atoms with Crippen molar-refractivity contribution < 1.29 is 4.79 Å². The first-order valence-electron chi connectivity index (χ1n) is 4.42. The van der Waals surface area contributed by atoms with E-state index in [-0.39, 0.29) is 11.8 Å². The van der Waals surface area contributed by atoms with Gasteiger partial charge < -0.3 is 5.73 Å². The molecule has 2 N–H and O–H groups in total. The van der Waals surface area contributed by atoms with Gasteiger partial charge >= 0.3 is 0 Å². The van der Waals surface area contributed by atoms with E-state index in [0.29, 0.717) is 11.8 Å². The van der Waals surface area contributed by atoms with Gasteiger partial charge in [0.15, 0.2) is 5.78 Å². The molecule has 64 valence electrons. The van der Waals surface area contributed by atoms with Gasteiger partial charge in [0.25, 0.3) is 0 Å². The van der Waals surface area contributed by atoms with Crippen molar-refractivity contribution in [1.82, 2.24) is 0 Å². The van der Waals surface area contributed by atoms with Crippen LogP contribution in [0.5, 0.6) is 0 Å². The number of nitrogens with two attached hydrogens (primary N) is 1. The first-order chi connectivity index (χ1) is 5.13. The molecule has 2 nitrogen and oxygen atoms in total. The Kier molecular flexibility index (Phi) is 2.66. The predicted molar refractivity (Wildman–Crippen MR) is 45.2 cm³/mol. The van der Waals surface area contributed by atoms with Crippen LogP contribution >= 0.6 is 0 Å². The molecule has 0 unspecified atom stereocenters. The third-order valence-electron chi connectivity index (χ3n) is 2.55. The number of carbonyl (C=O) groups is 1. The summed E-state index contributed by atoms with van der Waals surface area (Å²) in [7, 11) is 0. The highest BCUT2D eigenvalue weighted by molar-refractivity contribution is 5.86. The first-order valence-corrected chi connectivity index (χ1v) is 4.42. The quantitative estimate of drug-likeness (QED) is 0.668. The van der Waals surface area contributed by atoms with E-state index < -0.39 is 0 Å². The molecule has 0 aliphatic heterocycles. The van der Waals surface area contributed by atoms with E-state index in [9.17, 15) is 4.79 Å². The smallest absolute Gasteiger partial charge is 0.152 e. The van der Waals surface area contributed by atoms with E-state index in [1.165, 1.54) is 6.42 Å². The second kappa shape index (κ2) is 3.35. The summed E-state index contributed by atoms with van der Waals surface area (Å²) in [5.41, 5.74) is 5.72. The van der Waals surface area contributed by atoms with Crippen LogP contribution in [0.4, 0.5) is 0 Å². The SMILES string of the molecule is CC(C)[C@@H](N)C(=O)C1CCC1. The Morgan fingerprint density at radius 3 is 2.27 bits per heavy atom. The highest BCUT2D eigenvalue weighted by Crippen LogP contribution is 2.28. The van der Waals surface area contributed by atoms with Gasteiger partial charge in [-0.25, -0.2) is 0 Å². The molecule has 1 aliphatic rings. The average molecular weight is 155 g/mol. The van der Waals surface area contributed by atoms with Crippen LogP contribution in [0, 0.1) is 11.8 Å². The van der Waals surface area contributed by atoms with E-state index in [2.05, 4.69) is 0 Å². The molecule has 0 radical (unpaired) electrons. The summed E-state index contributed by atoms with van der Waals surface area (Å²) in [6.07, 6.45) is 3.35. The molecule has 0 aromatic heterocycles. The summed E-state index contributed by atoms with van der Waals surface area (Å²) in [4.78, 5) is 11.4. The van der Waals surface area contributed by atoms with E-state index in [4.69, 9.17) is 5.73 Å². The standard InChI is InChI=1S/C9H17NO/c1-6(2)8(10)9(11)7-4-3-5-7/h6-8H,3-5,10H2,1-2H3/t8-/m1/s1. The van der Waals surface area contributed by atoms with Gasteiger partial charge in [-0.1, -0.05) is 20.3 Å². The molecule has 0 amide bonds. The lowest BCUT2D eigenvalue weighted by Gasteiger charge is -2.27. The molecule has 0 saturated heterocycles. The van der Waals surface area contributed by atoms with Crippen LogP contribution in [-0.4, -0.2) is 11.8 Å². The van der Waals surface area contributed by atoms with Gasteiger partial charge in [0.05, 0.1) is 6.04 Å². The minimum atomic E-state index is -0.222. The lowest BCUT2D eigenvalue weighted by atomic mass is 9.78. The molecule has 1 rings (SSSR count). The number of rotatable bonds is 3. The van der Waals surface area contributed by atoms with Crippen LogP contribution in [0.25, 0.3) is 0 Å². The predicted octanol–water partition coefficient (Wildman–Crippen LogP) is 1.34. The number of ketones is 1. The van der Waals surface area contributed by atoms with Gasteiger partial charge in [-0.05, 0) is 18.8 Å². The molecule has 1 atom stereocenters. The second-order valence-electron chi connectivity index (χ2n) is 3.80.